The van der Waals surface area contributed by atoms with Crippen molar-refractivity contribution in [2.24, 2.45) is 7.05 Å². The fourth-order valence-electron chi connectivity index (χ4n) is 2.94. The lowest BCUT2D eigenvalue weighted by Gasteiger charge is -2.17. The molecule has 0 unspecified atom stereocenters. The molecule has 2 heterocycles. The minimum atomic E-state index is -0.904. The van der Waals surface area contributed by atoms with E-state index < -0.39 is 5.60 Å². The van der Waals surface area contributed by atoms with E-state index in [-0.39, 0.29) is 12.2 Å². The van der Waals surface area contributed by atoms with Crippen molar-refractivity contribution in [3.63, 3.8) is 0 Å². The number of fused-ring (bicyclic) bond motifs is 1. The second-order valence-corrected chi connectivity index (χ2v) is 6.85. The third-order valence-corrected chi connectivity index (χ3v) is 4.39. The van der Waals surface area contributed by atoms with Crippen LogP contribution in [-0.2, 0) is 19.1 Å². The zero-order chi connectivity index (χ0) is 17.5. The molecule has 0 saturated carbocycles. The van der Waals surface area contributed by atoms with Gasteiger partial charge in [0.2, 0.25) is 0 Å². The Kier molecular flexibility index (Phi) is 4.01. The fraction of sp³-hybridized carbons (Fsp3) is 0.300. The van der Waals surface area contributed by atoms with Crippen molar-refractivity contribution in [2.45, 2.75) is 32.8 Å². The average molecular weight is 322 g/mol. The number of hydrogen-bond acceptors (Lipinski definition) is 3. The van der Waals surface area contributed by atoms with Gasteiger partial charge in [-0.15, -0.1) is 0 Å². The van der Waals surface area contributed by atoms with E-state index in [0.717, 1.165) is 22.2 Å². The van der Waals surface area contributed by atoms with E-state index in [4.69, 9.17) is 0 Å². The number of aromatic nitrogens is 2. The molecule has 2 aromatic heterocycles. The third-order valence-electron chi connectivity index (χ3n) is 4.39. The smallest absolute Gasteiger partial charge is 0.168 e. The monoisotopic (exact) mass is 322 g/mol. The van der Waals surface area contributed by atoms with E-state index in [9.17, 15) is 9.90 Å². The van der Waals surface area contributed by atoms with Gasteiger partial charge in [0.1, 0.15) is 0 Å². The van der Waals surface area contributed by atoms with Gasteiger partial charge in [0.15, 0.2) is 5.78 Å². The molecule has 0 fully saturated rings. The number of carbonyl (C=O) groups excluding carboxylic acids is 1. The highest BCUT2D eigenvalue weighted by Crippen LogP contribution is 2.22. The predicted octanol–water partition coefficient (Wildman–Crippen LogP) is 3.53. The Balaban J connectivity index is 1.83. The summed E-state index contributed by atoms with van der Waals surface area (Å²) in [6.45, 7) is 5.51. The summed E-state index contributed by atoms with van der Waals surface area (Å²) in [4.78, 5) is 16.9. The second-order valence-electron chi connectivity index (χ2n) is 6.85. The van der Waals surface area contributed by atoms with E-state index in [1.807, 2.05) is 19.3 Å². The first-order valence-corrected chi connectivity index (χ1v) is 8.02. The fourth-order valence-corrected chi connectivity index (χ4v) is 2.94. The number of carbonyl (C=O) groups is 1. The quantitative estimate of drug-likeness (QED) is 0.748. The SMILES string of the molecule is Cc1cn(C)c2cc(CC(=O)c3ccc(C(C)(C)O)cc3)ncc12. The number of rotatable bonds is 4. The Morgan fingerprint density at radius 2 is 1.92 bits per heavy atom. The highest BCUT2D eigenvalue weighted by Gasteiger charge is 2.16. The molecular weight excluding hydrogens is 300 g/mol. The van der Waals surface area contributed by atoms with E-state index in [1.165, 1.54) is 5.56 Å². The molecule has 0 bridgehead atoms. The van der Waals surface area contributed by atoms with Gasteiger partial charge in [0.05, 0.1) is 23.2 Å². The van der Waals surface area contributed by atoms with Gasteiger partial charge in [0, 0.05) is 30.4 Å². The lowest BCUT2D eigenvalue weighted by Crippen LogP contribution is -2.15. The first-order chi connectivity index (χ1) is 11.3. The molecule has 3 aromatic rings. The van der Waals surface area contributed by atoms with Crippen LogP contribution >= 0.6 is 0 Å². The zero-order valence-electron chi connectivity index (χ0n) is 14.5. The van der Waals surface area contributed by atoms with Crippen LogP contribution in [0, 0.1) is 6.92 Å². The lowest BCUT2D eigenvalue weighted by molar-refractivity contribution is 0.0784. The first-order valence-electron chi connectivity index (χ1n) is 8.02. The number of aliphatic hydroxyl groups is 1. The Labute approximate surface area is 141 Å². The van der Waals surface area contributed by atoms with Crippen LogP contribution in [0.5, 0.6) is 0 Å². The summed E-state index contributed by atoms with van der Waals surface area (Å²) in [7, 11) is 2.00. The summed E-state index contributed by atoms with van der Waals surface area (Å²) < 4.78 is 2.05. The summed E-state index contributed by atoms with van der Waals surface area (Å²) in [5, 5.41) is 11.1. The van der Waals surface area contributed by atoms with Crippen molar-refractivity contribution in [3.8, 4) is 0 Å². The third kappa shape index (κ3) is 3.10. The number of benzene rings is 1. The molecule has 0 aliphatic rings. The van der Waals surface area contributed by atoms with Gasteiger partial charge in [-0.05, 0) is 38.0 Å². The average Bonchev–Trinajstić information content (AvgIpc) is 2.81. The molecule has 1 aromatic carbocycles. The minimum absolute atomic E-state index is 0.0232. The van der Waals surface area contributed by atoms with Gasteiger partial charge in [-0.1, -0.05) is 24.3 Å². The van der Waals surface area contributed by atoms with Crippen LogP contribution in [0.1, 0.15) is 41.0 Å². The first kappa shape index (κ1) is 16.4. The zero-order valence-corrected chi connectivity index (χ0v) is 14.5. The van der Waals surface area contributed by atoms with Crippen LogP contribution in [0.2, 0.25) is 0 Å². The standard InChI is InChI=1S/C20H22N2O2/c1-13-12-22(4)18-9-16(21-11-17(13)18)10-19(23)14-5-7-15(8-6-14)20(2,3)24/h5-9,11-12,24H,10H2,1-4H3. The second kappa shape index (κ2) is 5.87. The molecule has 0 aliphatic carbocycles. The number of nitrogens with zero attached hydrogens (tertiary/aromatic N) is 2. The van der Waals surface area contributed by atoms with E-state index in [0.29, 0.717) is 5.56 Å². The van der Waals surface area contributed by atoms with Gasteiger partial charge in [-0.25, -0.2) is 0 Å². The lowest BCUT2D eigenvalue weighted by atomic mass is 9.96. The Morgan fingerprint density at radius 3 is 2.54 bits per heavy atom. The van der Waals surface area contributed by atoms with Crippen molar-refractivity contribution in [2.75, 3.05) is 0 Å². The molecule has 4 heteroatoms. The Hall–Kier alpha value is -2.46. The number of Topliss-reactive ketones (excluding diaryl/α,β-unsaturated/α-hetero) is 1. The summed E-state index contributed by atoms with van der Waals surface area (Å²) in [5.41, 5.74) is 3.55. The minimum Gasteiger partial charge on any atom is -0.386 e. The van der Waals surface area contributed by atoms with Gasteiger partial charge in [-0.3, -0.25) is 9.78 Å². The highest BCUT2D eigenvalue weighted by atomic mass is 16.3. The molecule has 1 N–H and O–H groups in total. The molecule has 0 spiro atoms. The van der Waals surface area contributed by atoms with Gasteiger partial charge in [-0.2, -0.15) is 0 Å². The summed E-state index contributed by atoms with van der Waals surface area (Å²) >= 11 is 0. The maximum Gasteiger partial charge on any atom is 0.168 e. The van der Waals surface area contributed by atoms with Crippen LogP contribution in [-0.4, -0.2) is 20.4 Å². The Morgan fingerprint density at radius 1 is 1.25 bits per heavy atom. The van der Waals surface area contributed by atoms with Crippen LogP contribution in [0.4, 0.5) is 0 Å². The molecule has 0 atom stereocenters. The maximum absolute atomic E-state index is 12.5. The molecule has 0 amide bonds. The molecule has 4 nitrogen and oxygen atoms in total. The predicted molar refractivity (Wildman–Crippen MR) is 95.2 cm³/mol. The number of pyridine rings is 1. The van der Waals surface area contributed by atoms with E-state index in [1.54, 1.807) is 38.1 Å². The number of aryl methyl sites for hydroxylation is 2. The number of ketones is 1. The summed E-state index contributed by atoms with van der Waals surface area (Å²) in [5.74, 6) is 0.0232. The van der Waals surface area contributed by atoms with Crippen molar-refractivity contribution in [1.29, 1.82) is 0 Å². The number of hydrogen-bond donors (Lipinski definition) is 1. The molecule has 24 heavy (non-hydrogen) atoms. The van der Waals surface area contributed by atoms with E-state index >= 15 is 0 Å². The summed E-state index contributed by atoms with van der Waals surface area (Å²) in [6.07, 6.45) is 4.17. The van der Waals surface area contributed by atoms with Crippen LogP contribution < -0.4 is 0 Å². The molecule has 0 saturated heterocycles. The van der Waals surface area contributed by atoms with Gasteiger partial charge >= 0.3 is 0 Å². The molecule has 0 radical (unpaired) electrons. The Bertz CT molecular complexity index is 900. The van der Waals surface area contributed by atoms with E-state index in [2.05, 4.69) is 22.7 Å². The molecule has 3 rings (SSSR count). The van der Waals surface area contributed by atoms with Crippen LogP contribution in [0.3, 0.4) is 0 Å². The van der Waals surface area contributed by atoms with Gasteiger partial charge < -0.3 is 9.67 Å². The molecule has 0 aliphatic heterocycles. The van der Waals surface area contributed by atoms with Gasteiger partial charge in [0.25, 0.3) is 0 Å². The van der Waals surface area contributed by atoms with Crippen molar-refractivity contribution >= 4 is 16.7 Å². The van der Waals surface area contributed by atoms with Crippen LogP contribution in [0.15, 0.2) is 42.7 Å². The largest absolute Gasteiger partial charge is 0.386 e. The normalized spacial score (nSPS) is 11.9. The van der Waals surface area contributed by atoms with Crippen molar-refractivity contribution in [3.05, 3.63) is 65.1 Å². The molecule has 124 valence electrons. The summed E-state index contributed by atoms with van der Waals surface area (Å²) in [6, 6.07) is 9.10. The topological polar surface area (TPSA) is 55.1 Å². The van der Waals surface area contributed by atoms with Crippen molar-refractivity contribution in [1.82, 2.24) is 9.55 Å². The molecular formula is C20H22N2O2. The van der Waals surface area contributed by atoms with Crippen molar-refractivity contribution < 1.29 is 9.90 Å². The highest BCUT2D eigenvalue weighted by molar-refractivity contribution is 5.97. The maximum atomic E-state index is 12.5. The van der Waals surface area contributed by atoms with Crippen LogP contribution in [0.25, 0.3) is 10.9 Å².